The monoisotopic (exact) mass is 519 g/mol. The van der Waals surface area contributed by atoms with Crippen LogP contribution in [0, 0.1) is 10.1 Å². The summed E-state index contributed by atoms with van der Waals surface area (Å²) in [6.07, 6.45) is 6.69. The first kappa shape index (κ1) is 26.5. The molecule has 0 fully saturated rings. The molecule has 0 saturated carbocycles. The van der Waals surface area contributed by atoms with Gasteiger partial charge in [-0.25, -0.2) is 5.43 Å². The number of benzene rings is 3. The number of nitrogens with zero attached hydrogens (tertiary/aromatic N) is 3. The molecule has 2 amide bonds. The quantitative estimate of drug-likeness (QED) is 0.103. The van der Waals surface area contributed by atoms with Crippen LogP contribution in [0.1, 0.15) is 28.5 Å². The summed E-state index contributed by atoms with van der Waals surface area (Å²) in [5.41, 5.74) is 5.90. The Bertz CT molecular complexity index is 1550. The van der Waals surface area contributed by atoms with Crippen molar-refractivity contribution >= 4 is 29.8 Å². The van der Waals surface area contributed by atoms with Crippen LogP contribution in [-0.2, 0) is 4.79 Å². The van der Waals surface area contributed by atoms with E-state index in [2.05, 4.69) is 15.8 Å². The Balaban J connectivity index is 1.53. The maximum Gasteiger partial charge on any atom is 0.287 e. The molecule has 0 aliphatic rings. The van der Waals surface area contributed by atoms with Gasteiger partial charge in [0.1, 0.15) is 5.70 Å². The Morgan fingerprint density at radius 2 is 1.56 bits per heavy atom. The Kier molecular flexibility index (Phi) is 8.56. The highest BCUT2D eigenvalue weighted by molar-refractivity contribution is 6.03. The molecule has 2 N–H and O–H groups in total. The standard InChI is InChI=1S/C30H25N5O4/c1-22(19-23-9-4-2-5-10-23)20-28(32-29(36)24-11-6-3-7-12-24)30(37)33-31-21-27-13-8-18-34(27)25-14-16-26(17-15-25)35(38)39/h2-21H,1H3,(H,32,36)(H,33,37)/b22-19+,28-20-,31-21+. The van der Waals surface area contributed by atoms with Crippen molar-refractivity contribution in [1.82, 2.24) is 15.3 Å². The van der Waals surface area contributed by atoms with E-state index < -0.39 is 16.7 Å². The van der Waals surface area contributed by atoms with Gasteiger partial charge in [0.05, 0.1) is 16.8 Å². The molecule has 0 radical (unpaired) electrons. The predicted molar refractivity (Wildman–Crippen MR) is 150 cm³/mol. The number of aromatic nitrogens is 1. The van der Waals surface area contributed by atoms with Crippen molar-refractivity contribution < 1.29 is 14.5 Å². The molecular weight excluding hydrogens is 494 g/mol. The highest BCUT2D eigenvalue weighted by atomic mass is 16.6. The number of nitrogens with one attached hydrogen (secondary N) is 2. The van der Waals surface area contributed by atoms with E-state index in [0.717, 1.165) is 11.1 Å². The molecule has 4 rings (SSSR count). The summed E-state index contributed by atoms with van der Waals surface area (Å²) >= 11 is 0. The van der Waals surface area contributed by atoms with E-state index in [4.69, 9.17) is 0 Å². The number of allylic oxidation sites excluding steroid dienone is 2. The predicted octanol–water partition coefficient (Wildman–Crippen LogP) is 5.25. The van der Waals surface area contributed by atoms with E-state index in [9.17, 15) is 19.7 Å². The molecule has 0 saturated heterocycles. The summed E-state index contributed by atoms with van der Waals surface area (Å²) in [7, 11) is 0. The van der Waals surface area contributed by atoms with Gasteiger partial charge in [-0.15, -0.1) is 0 Å². The van der Waals surface area contributed by atoms with Crippen LogP contribution in [0.3, 0.4) is 0 Å². The van der Waals surface area contributed by atoms with Gasteiger partial charge in [0.25, 0.3) is 17.5 Å². The van der Waals surface area contributed by atoms with Crippen LogP contribution < -0.4 is 10.7 Å². The van der Waals surface area contributed by atoms with Gasteiger partial charge in [-0.2, -0.15) is 5.10 Å². The highest BCUT2D eigenvalue weighted by Gasteiger charge is 2.14. The van der Waals surface area contributed by atoms with E-state index in [1.807, 2.05) is 43.3 Å². The van der Waals surface area contributed by atoms with Crippen LogP contribution in [0.5, 0.6) is 0 Å². The number of amides is 2. The number of nitro benzene ring substituents is 1. The fourth-order valence-electron chi connectivity index (χ4n) is 3.71. The molecule has 9 heteroatoms. The fraction of sp³-hybridized carbons (Fsp3) is 0.0333. The molecule has 1 heterocycles. The lowest BCUT2D eigenvalue weighted by Gasteiger charge is -2.10. The number of rotatable bonds is 9. The van der Waals surface area contributed by atoms with Gasteiger partial charge in [0.15, 0.2) is 0 Å². The molecule has 3 aromatic carbocycles. The first-order valence-electron chi connectivity index (χ1n) is 12.0. The van der Waals surface area contributed by atoms with Crippen molar-refractivity contribution in [3.05, 3.63) is 148 Å². The molecule has 0 aliphatic carbocycles. The van der Waals surface area contributed by atoms with E-state index >= 15 is 0 Å². The maximum atomic E-state index is 13.1. The largest absolute Gasteiger partial charge is 0.317 e. The second kappa shape index (κ2) is 12.6. The lowest BCUT2D eigenvalue weighted by molar-refractivity contribution is -0.384. The van der Waals surface area contributed by atoms with Gasteiger partial charge < -0.3 is 9.88 Å². The number of hydrogen-bond acceptors (Lipinski definition) is 5. The van der Waals surface area contributed by atoms with E-state index in [1.54, 1.807) is 71.4 Å². The van der Waals surface area contributed by atoms with Gasteiger partial charge in [-0.1, -0.05) is 54.6 Å². The average Bonchev–Trinajstić information content (AvgIpc) is 3.42. The minimum atomic E-state index is -0.607. The molecule has 194 valence electrons. The summed E-state index contributed by atoms with van der Waals surface area (Å²) < 4.78 is 1.76. The summed E-state index contributed by atoms with van der Waals surface area (Å²) in [4.78, 5) is 36.3. The van der Waals surface area contributed by atoms with Crippen molar-refractivity contribution in [3.63, 3.8) is 0 Å². The number of hydrazone groups is 1. The zero-order valence-electron chi connectivity index (χ0n) is 21.0. The van der Waals surface area contributed by atoms with Crippen molar-refractivity contribution in [1.29, 1.82) is 0 Å². The average molecular weight is 520 g/mol. The number of carbonyl (C=O) groups is 2. The van der Waals surface area contributed by atoms with Gasteiger partial charge in [0, 0.05) is 29.6 Å². The number of hydrogen-bond donors (Lipinski definition) is 2. The molecule has 0 spiro atoms. The van der Waals surface area contributed by atoms with Gasteiger partial charge in [0.2, 0.25) is 0 Å². The Morgan fingerprint density at radius 1 is 0.897 bits per heavy atom. The maximum absolute atomic E-state index is 13.1. The van der Waals surface area contributed by atoms with Gasteiger partial charge in [-0.05, 0) is 60.5 Å². The summed E-state index contributed by atoms with van der Waals surface area (Å²) in [6.45, 7) is 1.83. The molecule has 0 unspecified atom stereocenters. The highest BCUT2D eigenvalue weighted by Crippen LogP contribution is 2.17. The molecule has 0 bridgehead atoms. The first-order chi connectivity index (χ1) is 18.9. The van der Waals surface area contributed by atoms with Crippen LogP contribution in [0.2, 0.25) is 0 Å². The third kappa shape index (κ3) is 7.23. The lowest BCUT2D eigenvalue weighted by atomic mass is 10.1. The molecule has 1 aromatic heterocycles. The van der Waals surface area contributed by atoms with Crippen molar-refractivity contribution in [2.24, 2.45) is 5.10 Å². The van der Waals surface area contributed by atoms with Crippen molar-refractivity contribution in [2.75, 3.05) is 0 Å². The third-order valence-electron chi connectivity index (χ3n) is 5.58. The van der Waals surface area contributed by atoms with Gasteiger partial charge in [-0.3, -0.25) is 19.7 Å². The second-order valence-electron chi connectivity index (χ2n) is 8.45. The van der Waals surface area contributed by atoms with E-state index in [0.29, 0.717) is 16.9 Å². The first-order valence-corrected chi connectivity index (χ1v) is 12.0. The van der Waals surface area contributed by atoms with Crippen molar-refractivity contribution in [3.8, 4) is 5.69 Å². The third-order valence-corrected chi connectivity index (χ3v) is 5.58. The van der Waals surface area contributed by atoms with Crippen LogP contribution in [0.15, 0.2) is 126 Å². The van der Waals surface area contributed by atoms with Crippen LogP contribution in [-0.4, -0.2) is 27.5 Å². The zero-order valence-corrected chi connectivity index (χ0v) is 21.0. The van der Waals surface area contributed by atoms with Crippen LogP contribution in [0.25, 0.3) is 11.8 Å². The SMILES string of the molecule is CC(/C=C(\NC(=O)c1ccccc1)C(=O)N/N=C/c1cccn1-c1ccc([N+](=O)[O-])cc1)=C\c1ccccc1. The summed E-state index contributed by atoms with van der Waals surface area (Å²) in [5, 5.41) is 17.7. The second-order valence-corrected chi connectivity index (χ2v) is 8.45. The minimum absolute atomic E-state index is 0.0122. The van der Waals surface area contributed by atoms with Crippen molar-refractivity contribution in [2.45, 2.75) is 6.92 Å². The van der Waals surface area contributed by atoms with Gasteiger partial charge >= 0.3 is 0 Å². The Hall–Kier alpha value is -5.57. The van der Waals surface area contributed by atoms with E-state index in [-0.39, 0.29) is 11.4 Å². The topological polar surface area (TPSA) is 119 Å². The summed E-state index contributed by atoms with van der Waals surface area (Å²) in [6, 6.07) is 27.8. The molecular formula is C30H25N5O4. The molecule has 0 atom stereocenters. The minimum Gasteiger partial charge on any atom is -0.317 e. The molecule has 4 aromatic rings. The zero-order chi connectivity index (χ0) is 27.6. The van der Waals surface area contributed by atoms with Crippen LogP contribution >= 0.6 is 0 Å². The molecule has 39 heavy (non-hydrogen) atoms. The van der Waals surface area contributed by atoms with E-state index in [1.165, 1.54) is 18.3 Å². The smallest absolute Gasteiger partial charge is 0.287 e. The number of non-ortho nitro benzene ring substituents is 1. The number of carbonyl (C=O) groups excluding carboxylic acids is 2. The number of nitro groups is 1. The molecule has 9 nitrogen and oxygen atoms in total. The van der Waals surface area contributed by atoms with Crippen LogP contribution in [0.4, 0.5) is 5.69 Å². The summed E-state index contributed by atoms with van der Waals surface area (Å²) in [5.74, 6) is -1.04. The molecule has 0 aliphatic heterocycles. The lowest BCUT2D eigenvalue weighted by Crippen LogP contribution is -2.33. The Morgan fingerprint density at radius 3 is 2.23 bits per heavy atom. The fourth-order valence-corrected chi connectivity index (χ4v) is 3.71. The normalized spacial score (nSPS) is 11.8. The Labute approximate surface area is 225 Å².